The molecule has 0 N–H and O–H groups in total. The molecular weight excluding hydrogens is 257 g/mol. The summed E-state index contributed by atoms with van der Waals surface area (Å²) in [5.74, 6) is -0.631. The first-order chi connectivity index (χ1) is 8.88. The van der Waals surface area contributed by atoms with E-state index < -0.39 is 12.1 Å². The Morgan fingerprint density at radius 2 is 1.95 bits per heavy atom. The van der Waals surface area contributed by atoms with Crippen molar-refractivity contribution in [2.75, 3.05) is 0 Å². The molecule has 5 heteroatoms. The van der Waals surface area contributed by atoms with E-state index in [9.17, 15) is 18.0 Å². The molecule has 0 heterocycles. The van der Waals surface area contributed by atoms with Crippen LogP contribution in [0, 0.1) is 11.8 Å². The minimum absolute atomic E-state index is 0.0265. The number of carbonyl (C=O) groups excluding carboxylic acids is 1. The number of rotatable bonds is 3. The average molecular weight is 272 g/mol. The number of Topliss-reactive ketones (excluding diaryl/α,β-unsaturated/α-hetero) is 1. The second-order valence-electron chi connectivity index (χ2n) is 4.92. The highest BCUT2D eigenvalue weighted by molar-refractivity contribution is 6.00. The van der Waals surface area contributed by atoms with Gasteiger partial charge in [-0.2, -0.15) is 0 Å². The zero-order chi connectivity index (χ0) is 14.0. The summed E-state index contributed by atoms with van der Waals surface area (Å²) < 4.78 is 40.8. The van der Waals surface area contributed by atoms with Gasteiger partial charge >= 0.3 is 6.36 Å². The molecule has 0 bridgehead atoms. The lowest BCUT2D eigenvalue weighted by Gasteiger charge is -2.17. The molecule has 2 nitrogen and oxygen atoms in total. The van der Waals surface area contributed by atoms with Crippen molar-refractivity contribution in [1.29, 1.82) is 0 Å². The Labute approximate surface area is 109 Å². The van der Waals surface area contributed by atoms with E-state index in [2.05, 4.69) is 4.74 Å². The van der Waals surface area contributed by atoms with Crippen LogP contribution in [0.25, 0.3) is 0 Å². The summed E-state index contributed by atoms with van der Waals surface area (Å²) in [5.41, 5.74) is 0.0265. The highest BCUT2D eigenvalue weighted by Gasteiger charge is 2.35. The van der Waals surface area contributed by atoms with Gasteiger partial charge < -0.3 is 4.74 Å². The van der Waals surface area contributed by atoms with Gasteiger partial charge in [-0.05, 0) is 30.9 Å². The third-order valence-electron chi connectivity index (χ3n) is 3.58. The predicted molar refractivity (Wildman–Crippen MR) is 64.0 cm³/mol. The van der Waals surface area contributed by atoms with E-state index in [1.807, 2.05) is 6.92 Å². The molecule has 1 fully saturated rings. The summed E-state index contributed by atoms with van der Waals surface area (Å²) in [5, 5.41) is 0. The van der Waals surface area contributed by atoms with E-state index in [1.165, 1.54) is 18.2 Å². The van der Waals surface area contributed by atoms with Gasteiger partial charge in [0.2, 0.25) is 0 Å². The number of para-hydroxylation sites is 1. The third kappa shape index (κ3) is 3.28. The van der Waals surface area contributed by atoms with Gasteiger partial charge in [-0.3, -0.25) is 4.79 Å². The van der Waals surface area contributed by atoms with Crippen LogP contribution in [0.3, 0.4) is 0 Å². The van der Waals surface area contributed by atoms with Crippen molar-refractivity contribution >= 4 is 5.78 Å². The molecule has 2 unspecified atom stereocenters. The van der Waals surface area contributed by atoms with Crippen LogP contribution in [0.15, 0.2) is 24.3 Å². The van der Waals surface area contributed by atoms with Crippen LogP contribution in [0.4, 0.5) is 13.2 Å². The molecule has 0 amide bonds. The van der Waals surface area contributed by atoms with Crippen molar-refractivity contribution in [2.24, 2.45) is 11.8 Å². The Morgan fingerprint density at radius 1 is 1.26 bits per heavy atom. The van der Waals surface area contributed by atoms with Gasteiger partial charge in [0.15, 0.2) is 5.78 Å². The predicted octanol–water partition coefficient (Wildman–Crippen LogP) is 4.20. The van der Waals surface area contributed by atoms with Crippen LogP contribution in [-0.4, -0.2) is 12.1 Å². The Hall–Kier alpha value is -1.52. The Kier molecular flexibility index (Phi) is 3.83. The number of ketones is 1. The molecule has 0 spiro atoms. The number of hydrogen-bond donors (Lipinski definition) is 0. The van der Waals surface area contributed by atoms with E-state index in [0.29, 0.717) is 0 Å². The maximum Gasteiger partial charge on any atom is 0.573 e. The van der Waals surface area contributed by atoms with Crippen LogP contribution in [0.5, 0.6) is 5.75 Å². The number of benzene rings is 1. The number of carbonyl (C=O) groups is 1. The highest BCUT2D eigenvalue weighted by Crippen LogP contribution is 2.36. The molecule has 1 aromatic rings. The minimum atomic E-state index is -4.78. The third-order valence-corrected chi connectivity index (χ3v) is 3.58. The minimum Gasteiger partial charge on any atom is -0.405 e. The first-order valence-corrected chi connectivity index (χ1v) is 6.27. The van der Waals surface area contributed by atoms with Crippen molar-refractivity contribution in [3.63, 3.8) is 0 Å². The van der Waals surface area contributed by atoms with Gasteiger partial charge in [0.05, 0.1) is 5.56 Å². The molecule has 2 rings (SSSR count). The van der Waals surface area contributed by atoms with Crippen molar-refractivity contribution in [3.8, 4) is 5.75 Å². The number of halogens is 3. The maximum absolute atomic E-state index is 12.3. The van der Waals surface area contributed by atoms with Gasteiger partial charge in [-0.1, -0.05) is 25.5 Å². The quantitative estimate of drug-likeness (QED) is 0.771. The molecule has 0 aromatic heterocycles. The average Bonchev–Trinajstić information content (AvgIpc) is 2.73. The number of ether oxygens (including phenoxy) is 1. The Balaban J connectivity index is 2.26. The molecule has 19 heavy (non-hydrogen) atoms. The second kappa shape index (κ2) is 5.23. The molecule has 0 aliphatic heterocycles. The summed E-state index contributed by atoms with van der Waals surface area (Å²) >= 11 is 0. The molecule has 1 aliphatic carbocycles. The monoisotopic (exact) mass is 272 g/mol. The Bertz CT molecular complexity index is 468. The fraction of sp³-hybridized carbons (Fsp3) is 0.500. The molecular formula is C14H15F3O2. The topological polar surface area (TPSA) is 26.3 Å². The van der Waals surface area contributed by atoms with Gasteiger partial charge in [0.1, 0.15) is 5.75 Å². The zero-order valence-corrected chi connectivity index (χ0v) is 10.5. The molecule has 1 saturated carbocycles. The molecule has 1 aliphatic rings. The molecule has 0 radical (unpaired) electrons. The largest absolute Gasteiger partial charge is 0.573 e. The summed E-state index contributed by atoms with van der Waals surface area (Å²) in [6.45, 7) is 1.96. The van der Waals surface area contributed by atoms with Gasteiger partial charge in [0, 0.05) is 5.92 Å². The van der Waals surface area contributed by atoms with Crippen LogP contribution in [0.1, 0.15) is 36.5 Å². The van der Waals surface area contributed by atoms with Crippen molar-refractivity contribution in [2.45, 2.75) is 32.5 Å². The first kappa shape index (κ1) is 13.9. The van der Waals surface area contributed by atoms with Crippen molar-refractivity contribution in [1.82, 2.24) is 0 Å². The van der Waals surface area contributed by atoms with Crippen LogP contribution < -0.4 is 4.74 Å². The van der Waals surface area contributed by atoms with Crippen LogP contribution >= 0.6 is 0 Å². The summed E-state index contributed by atoms with van der Waals surface area (Å²) in [7, 11) is 0. The zero-order valence-electron chi connectivity index (χ0n) is 10.5. The summed E-state index contributed by atoms with van der Waals surface area (Å²) in [6, 6.07) is 5.56. The van der Waals surface area contributed by atoms with E-state index in [-0.39, 0.29) is 23.2 Å². The molecule has 104 valence electrons. The molecule has 1 aromatic carbocycles. The Morgan fingerprint density at radius 3 is 2.53 bits per heavy atom. The number of alkyl halides is 3. The standard InChI is InChI=1S/C14H15F3O2/c1-9-5-4-7-10(9)13(18)11-6-2-3-8-12(11)19-14(15,16)17/h2-3,6,8-10H,4-5,7H2,1H3. The summed E-state index contributed by atoms with van der Waals surface area (Å²) in [4.78, 5) is 12.3. The first-order valence-electron chi connectivity index (χ1n) is 6.27. The van der Waals surface area contributed by atoms with Gasteiger partial charge in [-0.15, -0.1) is 13.2 Å². The molecule has 2 atom stereocenters. The lowest BCUT2D eigenvalue weighted by molar-refractivity contribution is -0.274. The van der Waals surface area contributed by atoms with Crippen molar-refractivity contribution < 1.29 is 22.7 Å². The van der Waals surface area contributed by atoms with E-state index in [0.717, 1.165) is 19.3 Å². The number of hydrogen-bond acceptors (Lipinski definition) is 2. The lowest BCUT2D eigenvalue weighted by atomic mass is 9.89. The SMILES string of the molecule is CC1CCCC1C(=O)c1ccccc1OC(F)(F)F. The van der Waals surface area contributed by atoms with Gasteiger partial charge in [0.25, 0.3) is 0 Å². The maximum atomic E-state index is 12.3. The highest BCUT2D eigenvalue weighted by atomic mass is 19.4. The van der Waals surface area contributed by atoms with Crippen molar-refractivity contribution in [3.05, 3.63) is 29.8 Å². The summed E-state index contributed by atoms with van der Waals surface area (Å²) in [6.07, 6.45) is -2.16. The van der Waals surface area contributed by atoms with Crippen LogP contribution in [0.2, 0.25) is 0 Å². The smallest absolute Gasteiger partial charge is 0.405 e. The fourth-order valence-corrected chi connectivity index (χ4v) is 2.62. The van der Waals surface area contributed by atoms with Crippen LogP contribution in [-0.2, 0) is 0 Å². The van der Waals surface area contributed by atoms with E-state index in [4.69, 9.17) is 0 Å². The normalized spacial score (nSPS) is 23.4. The van der Waals surface area contributed by atoms with E-state index in [1.54, 1.807) is 6.07 Å². The van der Waals surface area contributed by atoms with Gasteiger partial charge in [-0.25, -0.2) is 0 Å². The lowest BCUT2D eigenvalue weighted by Crippen LogP contribution is -2.22. The second-order valence-corrected chi connectivity index (χ2v) is 4.92. The fourth-order valence-electron chi connectivity index (χ4n) is 2.62. The molecule has 0 saturated heterocycles. The van der Waals surface area contributed by atoms with E-state index >= 15 is 0 Å².